The van der Waals surface area contributed by atoms with Crippen molar-refractivity contribution in [1.29, 1.82) is 5.41 Å². The molecule has 12 N–H and O–H groups in total. The van der Waals surface area contributed by atoms with Crippen LogP contribution in [0.25, 0.3) is 11.1 Å². The Morgan fingerprint density at radius 1 is 0.955 bits per heavy atom. The van der Waals surface area contributed by atoms with E-state index in [4.69, 9.17) is 34.1 Å². The number of primary amides is 1. The highest BCUT2D eigenvalue weighted by molar-refractivity contribution is 8.05. The zero-order chi connectivity index (χ0) is 32.4. The second kappa shape index (κ2) is 12.6. The standard InChI is InChI=1S/C27H29N9O4S4/c1-14-9-17(34-26(31)32)12-20(28)23(14)15-5-3-7-18(10-15)43(38,22-13-21(24(29)30)42-25(22)41-2)36-44(39,40)19-8-4-6-16(11-19)35-27(33)37/h3-13H,28H2,1-2H3,(H3,29,30)(H4,31,32,34)(H3,33,35,37). The Balaban J connectivity index is 2.01. The number of anilines is 2. The molecule has 0 aliphatic rings. The van der Waals surface area contributed by atoms with Crippen LogP contribution in [-0.2, 0) is 19.8 Å². The van der Waals surface area contributed by atoms with Crippen LogP contribution in [0.5, 0.6) is 0 Å². The number of nitrogens with one attached hydrogen (secondary N) is 2. The van der Waals surface area contributed by atoms with E-state index in [1.807, 2.05) is 0 Å². The van der Waals surface area contributed by atoms with E-state index in [1.54, 1.807) is 43.5 Å². The van der Waals surface area contributed by atoms with Gasteiger partial charge in [0.1, 0.15) is 15.6 Å². The lowest BCUT2D eigenvalue weighted by Crippen LogP contribution is -2.21. The fourth-order valence-corrected chi connectivity index (χ4v) is 10.9. The molecule has 0 radical (unpaired) electrons. The van der Waals surface area contributed by atoms with Crippen LogP contribution in [0.4, 0.5) is 21.9 Å². The summed E-state index contributed by atoms with van der Waals surface area (Å²) in [6, 6.07) is 15.5. The van der Waals surface area contributed by atoms with Gasteiger partial charge in [-0.2, -0.15) is 8.42 Å². The number of nitrogens with zero attached hydrogens (tertiary/aromatic N) is 2. The number of aliphatic imine (C=N–C) groups is 1. The number of amidine groups is 1. The van der Waals surface area contributed by atoms with E-state index in [0.29, 0.717) is 37.2 Å². The zero-order valence-electron chi connectivity index (χ0n) is 23.4. The maximum absolute atomic E-state index is 15.2. The molecule has 4 aromatic rings. The number of nitrogen functional groups attached to an aromatic ring is 2. The molecule has 230 valence electrons. The van der Waals surface area contributed by atoms with Crippen LogP contribution in [-0.4, -0.2) is 36.7 Å². The Bertz CT molecular complexity index is 2040. The third kappa shape index (κ3) is 6.80. The van der Waals surface area contributed by atoms with Crippen LogP contribution >= 0.6 is 23.1 Å². The Morgan fingerprint density at radius 2 is 1.64 bits per heavy atom. The van der Waals surface area contributed by atoms with E-state index < -0.39 is 25.8 Å². The molecule has 2 amide bonds. The highest BCUT2D eigenvalue weighted by Crippen LogP contribution is 2.41. The molecule has 44 heavy (non-hydrogen) atoms. The minimum atomic E-state index is -4.61. The summed E-state index contributed by atoms with van der Waals surface area (Å²) >= 11 is 2.31. The van der Waals surface area contributed by atoms with Gasteiger partial charge in [-0.25, -0.2) is 14.0 Å². The van der Waals surface area contributed by atoms with E-state index in [2.05, 4.69) is 14.1 Å². The van der Waals surface area contributed by atoms with Gasteiger partial charge >= 0.3 is 6.03 Å². The molecule has 0 aliphatic heterocycles. The number of hydrogen-bond acceptors (Lipinski definition) is 9. The van der Waals surface area contributed by atoms with Crippen LogP contribution in [0, 0.1) is 12.3 Å². The van der Waals surface area contributed by atoms with Gasteiger partial charge in [0, 0.05) is 16.9 Å². The number of urea groups is 1. The number of thioether (sulfide) groups is 1. The normalized spacial score (nSPS) is 12.6. The lowest BCUT2D eigenvalue weighted by Gasteiger charge is -2.15. The summed E-state index contributed by atoms with van der Waals surface area (Å²) in [6.07, 6.45) is 1.73. The number of benzene rings is 3. The van der Waals surface area contributed by atoms with Crippen molar-refractivity contribution >= 4 is 77.7 Å². The van der Waals surface area contributed by atoms with Crippen LogP contribution in [0.2, 0.25) is 0 Å². The number of aryl methyl sites for hydroxylation is 1. The van der Waals surface area contributed by atoms with Gasteiger partial charge < -0.3 is 34.0 Å². The van der Waals surface area contributed by atoms with Crippen LogP contribution in [0.1, 0.15) is 10.4 Å². The number of thiophene rings is 1. The monoisotopic (exact) mass is 671 g/mol. The summed E-state index contributed by atoms with van der Waals surface area (Å²) in [4.78, 5) is 15.5. The topological polar surface area (TPSA) is 259 Å². The average molecular weight is 672 g/mol. The Hall–Kier alpha value is -4.58. The van der Waals surface area contributed by atoms with E-state index in [0.717, 1.165) is 17.4 Å². The first-order valence-corrected chi connectivity index (χ1v) is 17.5. The molecule has 1 heterocycles. The summed E-state index contributed by atoms with van der Waals surface area (Å²) in [5.74, 6) is -0.410. The van der Waals surface area contributed by atoms with Gasteiger partial charge in [-0.15, -0.1) is 23.1 Å². The number of carbonyl (C=O) groups is 1. The van der Waals surface area contributed by atoms with Gasteiger partial charge in [0.15, 0.2) is 5.96 Å². The molecular weight excluding hydrogens is 643 g/mol. The van der Waals surface area contributed by atoms with Crippen molar-refractivity contribution in [3.8, 4) is 11.1 Å². The maximum Gasteiger partial charge on any atom is 0.316 e. The van der Waals surface area contributed by atoms with Crippen molar-refractivity contribution in [1.82, 2.24) is 0 Å². The molecule has 13 nitrogen and oxygen atoms in total. The van der Waals surface area contributed by atoms with E-state index in [1.165, 1.54) is 42.1 Å². The zero-order valence-corrected chi connectivity index (χ0v) is 26.7. The summed E-state index contributed by atoms with van der Waals surface area (Å²) in [6.45, 7) is 1.80. The number of guanidine groups is 1. The van der Waals surface area contributed by atoms with Crippen molar-refractivity contribution < 1.29 is 17.4 Å². The van der Waals surface area contributed by atoms with Crippen molar-refractivity contribution in [2.24, 2.45) is 31.7 Å². The fourth-order valence-electron chi connectivity index (χ4n) is 4.32. The number of sulfonamides is 1. The molecule has 3 aromatic carbocycles. The predicted octanol–water partition coefficient (Wildman–Crippen LogP) is 3.98. The first-order chi connectivity index (χ1) is 20.6. The van der Waals surface area contributed by atoms with E-state index in [9.17, 15) is 13.2 Å². The summed E-state index contributed by atoms with van der Waals surface area (Å²) in [5.41, 5.74) is 31.1. The van der Waals surface area contributed by atoms with E-state index in [-0.39, 0.29) is 32.2 Å². The van der Waals surface area contributed by atoms with Crippen LogP contribution in [0.3, 0.4) is 0 Å². The SMILES string of the molecule is CSc1sc(C(=N)N)cc1S(=O)(=NS(=O)(=O)c1cccc(NC(N)=O)c1)c1cccc(-c2c(C)cc(N=C(N)N)cc2N)c1. The molecule has 1 aromatic heterocycles. The van der Waals surface area contributed by atoms with Gasteiger partial charge in [0.2, 0.25) is 0 Å². The molecule has 0 saturated heterocycles. The molecule has 0 saturated carbocycles. The van der Waals surface area contributed by atoms with E-state index >= 15 is 4.21 Å². The lowest BCUT2D eigenvalue weighted by atomic mass is 9.98. The summed E-state index contributed by atoms with van der Waals surface area (Å²) in [7, 11) is -8.57. The molecular formula is C27H29N9O4S4. The fraction of sp³-hybridized carbons (Fsp3) is 0.0741. The minimum absolute atomic E-state index is 0.0697. The molecule has 4 rings (SSSR count). The lowest BCUT2D eigenvalue weighted by molar-refractivity contribution is 0.259. The smallest absolute Gasteiger partial charge is 0.316 e. The first kappa shape index (κ1) is 32.3. The van der Waals surface area contributed by atoms with Gasteiger partial charge in [-0.1, -0.05) is 22.0 Å². The third-order valence-corrected chi connectivity index (χ3v) is 12.9. The number of nitrogens with two attached hydrogens (primary N) is 5. The van der Waals surface area contributed by atoms with Crippen molar-refractivity contribution in [3.63, 3.8) is 0 Å². The maximum atomic E-state index is 15.2. The summed E-state index contributed by atoms with van der Waals surface area (Å²) in [5, 5.41) is 10.2. The van der Waals surface area contributed by atoms with Crippen molar-refractivity contribution in [2.75, 3.05) is 17.3 Å². The number of hydrogen-bond donors (Lipinski definition) is 7. The molecule has 0 bridgehead atoms. The van der Waals surface area contributed by atoms with Crippen molar-refractivity contribution in [3.05, 3.63) is 77.2 Å². The minimum Gasteiger partial charge on any atom is -0.398 e. The number of amides is 2. The molecule has 1 unspecified atom stereocenters. The predicted molar refractivity (Wildman–Crippen MR) is 178 cm³/mol. The quantitative estimate of drug-likeness (QED) is 0.0586. The van der Waals surface area contributed by atoms with Crippen molar-refractivity contribution in [2.45, 2.75) is 25.8 Å². The first-order valence-electron chi connectivity index (χ1n) is 12.5. The van der Waals surface area contributed by atoms with Crippen LogP contribution < -0.4 is 34.0 Å². The Morgan fingerprint density at radius 3 is 2.25 bits per heavy atom. The Labute approximate surface area is 262 Å². The van der Waals surface area contributed by atoms with Crippen LogP contribution in [0.15, 0.2) is 94.4 Å². The molecule has 0 spiro atoms. The highest BCUT2D eigenvalue weighted by atomic mass is 32.3. The highest BCUT2D eigenvalue weighted by Gasteiger charge is 2.28. The van der Waals surface area contributed by atoms with Gasteiger partial charge in [0.25, 0.3) is 10.0 Å². The second-order valence-corrected chi connectivity index (χ2v) is 15.4. The Kier molecular flexibility index (Phi) is 9.24. The second-order valence-electron chi connectivity index (χ2n) is 9.26. The largest absolute Gasteiger partial charge is 0.398 e. The van der Waals surface area contributed by atoms with Gasteiger partial charge in [0.05, 0.1) is 29.5 Å². The third-order valence-electron chi connectivity index (χ3n) is 6.07. The molecule has 17 heteroatoms. The molecule has 1 atom stereocenters. The molecule has 0 fully saturated rings. The van der Waals surface area contributed by atoms with Gasteiger partial charge in [-0.05, 0) is 72.8 Å². The summed E-state index contributed by atoms with van der Waals surface area (Å²) < 4.78 is 47.2. The number of carbonyl (C=O) groups excluding carboxylic acids is 1. The number of rotatable bonds is 9. The van der Waals surface area contributed by atoms with Gasteiger partial charge in [-0.3, -0.25) is 5.41 Å². The molecule has 0 aliphatic carbocycles. The average Bonchev–Trinajstić information content (AvgIpc) is 3.38.